The summed E-state index contributed by atoms with van der Waals surface area (Å²) in [5.41, 5.74) is 7.96. The van der Waals surface area contributed by atoms with Crippen LogP contribution in [0.4, 0.5) is 5.69 Å². The number of carbonyl (C=O) groups is 2. The summed E-state index contributed by atoms with van der Waals surface area (Å²) in [4.78, 5) is 23.4. The molecule has 0 spiro atoms. The van der Waals surface area contributed by atoms with Crippen LogP contribution in [-0.4, -0.2) is 11.8 Å². The molecular formula is C16H16ClN3O2. The van der Waals surface area contributed by atoms with Crippen molar-refractivity contribution in [1.82, 2.24) is 10.6 Å². The van der Waals surface area contributed by atoms with Gasteiger partial charge in [-0.3, -0.25) is 9.59 Å². The van der Waals surface area contributed by atoms with E-state index in [1.165, 1.54) is 0 Å². The van der Waals surface area contributed by atoms with Gasteiger partial charge in [0, 0.05) is 23.8 Å². The monoisotopic (exact) mass is 317 g/mol. The third kappa shape index (κ3) is 4.79. The standard InChI is InChI=1S/C16H16ClN3O2/c17-13-5-1-11(2-6-13)9-19-15(21)16(22)20-10-12-3-7-14(18)8-4-12/h1-8H,9-10,18H2,(H,19,21)(H,20,22). The van der Waals surface area contributed by atoms with Gasteiger partial charge < -0.3 is 16.4 Å². The molecule has 22 heavy (non-hydrogen) atoms. The summed E-state index contributed by atoms with van der Waals surface area (Å²) < 4.78 is 0. The van der Waals surface area contributed by atoms with Crippen LogP contribution < -0.4 is 16.4 Å². The Kier molecular flexibility index (Phi) is 5.38. The van der Waals surface area contributed by atoms with Crippen LogP contribution in [0.1, 0.15) is 11.1 Å². The van der Waals surface area contributed by atoms with Crippen molar-refractivity contribution in [3.8, 4) is 0 Å². The van der Waals surface area contributed by atoms with Gasteiger partial charge in [0.05, 0.1) is 0 Å². The Morgan fingerprint density at radius 3 is 1.68 bits per heavy atom. The summed E-state index contributed by atoms with van der Waals surface area (Å²) in [6.45, 7) is 0.540. The zero-order valence-corrected chi connectivity index (χ0v) is 12.6. The molecule has 0 fully saturated rings. The molecular weight excluding hydrogens is 302 g/mol. The van der Waals surface area contributed by atoms with E-state index >= 15 is 0 Å². The van der Waals surface area contributed by atoms with Gasteiger partial charge in [0.15, 0.2) is 0 Å². The van der Waals surface area contributed by atoms with Crippen LogP contribution in [0.5, 0.6) is 0 Å². The number of rotatable bonds is 4. The zero-order valence-electron chi connectivity index (χ0n) is 11.8. The molecule has 0 aliphatic carbocycles. The van der Waals surface area contributed by atoms with E-state index in [2.05, 4.69) is 10.6 Å². The number of hydrogen-bond acceptors (Lipinski definition) is 3. The Morgan fingerprint density at radius 2 is 1.23 bits per heavy atom. The lowest BCUT2D eigenvalue weighted by Crippen LogP contribution is -2.39. The van der Waals surface area contributed by atoms with Crippen molar-refractivity contribution in [1.29, 1.82) is 0 Å². The second kappa shape index (κ2) is 7.47. The fraction of sp³-hybridized carbons (Fsp3) is 0.125. The van der Waals surface area contributed by atoms with Gasteiger partial charge in [-0.05, 0) is 35.4 Å². The summed E-state index contributed by atoms with van der Waals surface area (Å²) in [5, 5.41) is 5.72. The highest BCUT2D eigenvalue weighted by atomic mass is 35.5. The zero-order chi connectivity index (χ0) is 15.9. The Hall–Kier alpha value is -2.53. The maximum absolute atomic E-state index is 11.7. The Bertz CT molecular complexity index is 595. The van der Waals surface area contributed by atoms with Crippen LogP contribution in [0.15, 0.2) is 48.5 Å². The average Bonchev–Trinajstić information content (AvgIpc) is 2.53. The van der Waals surface area contributed by atoms with Crippen LogP contribution in [0.25, 0.3) is 0 Å². The Morgan fingerprint density at radius 1 is 0.818 bits per heavy atom. The first kappa shape index (κ1) is 15.9. The molecule has 4 N–H and O–H groups in total. The van der Waals surface area contributed by atoms with Crippen molar-refractivity contribution in [2.45, 2.75) is 13.1 Å². The molecule has 2 aromatic carbocycles. The van der Waals surface area contributed by atoms with Crippen molar-refractivity contribution in [3.05, 3.63) is 64.7 Å². The summed E-state index contributed by atoms with van der Waals surface area (Å²) >= 11 is 5.77. The molecule has 2 amide bonds. The quantitative estimate of drug-likeness (QED) is 0.594. The second-order valence-corrected chi connectivity index (χ2v) is 5.17. The predicted octanol–water partition coefficient (Wildman–Crippen LogP) is 1.85. The largest absolute Gasteiger partial charge is 0.399 e. The van der Waals surface area contributed by atoms with Crippen molar-refractivity contribution in [3.63, 3.8) is 0 Å². The number of anilines is 1. The van der Waals surface area contributed by atoms with Crippen molar-refractivity contribution in [2.24, 2.45) is 0 Å². The lowest BCUT2D eigenvalue weighted by Gasteiger charge is -2.07. The highest BCUT2D eigenvalue weighted by Gasteiger charge is 2.12. The number of nitrogen functional groups attached to an aromatic ring is 1. The second-order valence-electron chi connectivity index (χ2n) is 4.73. The molecule has 0 aromatic heterocycles. The SMILES string of the molecule is Nc1ccc(CNC(=O)C(=O)NCc2ccc(Cl)cc2)cc1. The smallest absolute Gasteiger partial charge is 0.309 e. The normalized spacial score (nSPS) is 10.0. The van der Waals surface area contributed by atoms with E-state index in [1.54, 1.807) is 48.5 Å². The molecule has 0 heterocycles. The van der Waals surface area contributed by atoms with Crippen LogP contribution >= 0.6 is 11.6 Å². The molecule has 0 aliphatic rings. The van der Waals surface area contributed by atoms with Gasteiger partial charge >= 0.3 is 11.8 Å². The topological polar surface area (TPSA) is 84.2 Å². The molecule has 5 nitrogen and oxygen atoms in total. The summed E-state index contributed by atoms with van der Waals surface area (Å²) in [5.74, 6) is -1.35. The van der Waals surface area contributed by atoms with Gasteiger partial charge in [-0.25, -0.2) is 0 Å². The molecule has 2 aromatic rings. The van der Waals surface area contributed by atoms with Gasteiger partial charge in [-0.1, -0.05) is 35.9 Å². The number of amides is 2. The van der Waals surface area contributed by atoms with Gasteiger partial charge in [-0.15, -0.1) is 0 Å². The van der Waals surface area contributed by atoms with Crippen LogP contribution in [0.3, 0.4) is 0 Å². The van der Waals surface area contributed by atoms with Crippen molar-refractivity contribution >= 4 is 29.1 Å². The fourth-order valence-corrected chi connectivity index (χ4v) is 1.89. The minimum Gasteiger partial charge on any atom is -0.399 e. The van der Waals surface area contributed by atoms with E-state index in [0.29, 0.717) is 10.7 Å². The molecule has 0 saturated carbocycles. The average molecular weight is 318 g/mol. The summed E-state index contributed by atoms with van der Waals surface area (Å²) in [7, 11) is 0. The molecule has 0 aliphatic heterocycles. The third-order valence-electron chi connectivity index (χ3n) is 3.01. The Labute approximate surface area is 133 Å². The number of hydrogen-bond donors (Lipinski definition) is 3. The molecule has 0 atom stereocenters. The van der Waals surface area contributed by atoms with Gasteiger partial charge in [0.1, 0.15) is 0 Å². The van der Waals surface area contributed by atoms with E-state index in [9.17, 15) is 9.59 Å². The molecule has 0 radical (unpaired) electrons. The highest BCUT2D eigenvalue weighted by Crippen LogP contribution is 2.09. The lowest BCUT2D eigenvalue weighted by atomic mass is 10.2. The fourth-order valence-electron chi connectivity index (χ4n) is 1.76. The number of carbonyl (C=O) groups excluding carboxylic acids is 2. The minimum absolute atomic E-state index is 0.269. The highest BCUT2D eigenvalue weighted by molar-refractivity contribution is 6.35. The predicted molar refractivity (Wildman–Crippen MR) is 86.0 cm³/mol. The first-order chi connectivity index (χ1) is 10.5. The molecule has 114 valence electrons. The van der Waals surface area contributed by atoms with Crippen molar-refractivity contribution in [2.75, 3.05) is 5.73 Å². The molecule has 2 rings (SSSR count). The van der Waals surface area contributed by atoms with Gasteiger partial charge in [-0.2, -0.15) is 0 Å². The number of nitrogens with one attached hydrogen (secondary N) is 2. The van der Waals surface area contributed by atoms with Crippen LogP contribution in [-0.2, 0) is 22.7 Å². The van der Waals surface area contributed by atoms with Gasteiger partial charge in [0.2, 0.25) is 0 Å². The van der Waals surface area contributed by atoms with Gasteiger partial charge in [0.25, 0.3) is 0 Å². The molecule has 6 heteroatoms. The first-order valence-electron chi connectivity index (χ1n) is 6.69. The molecule has 0 saturated heterocycles. The number of benzene rings is 2. The van der Waals surface area contributed by atoms with E-state index in [-0.39, 0.29) is 13.1 Å². The molecule has 0 bridgehead atoms. The maximum atomic E-state index is 11.7. The number of halogens is 1. The first-order valence-corrected chi connectivity index (χ1v) is 7.07. The van der Waals surface area contributed by atoms with E-state index in [0.717, 1.165) is 11.1 Å². The van der Waals surface area contributed by atoms with Crippen molar-refractivity contribution < 1.29 is 9.59 Å². The van der Waals surface area contributed by atoms with E-state index in [4.69, 9.17) is 17.3 Å². The minimum atomic E-state index is -0.676. The molecule has 0 unspecified atom stereocenters. The summed E-state index contributed by atoms with van der Waals surface area (Å²) in [6, 6.07) is 14.1. The van der Waals surface area contributed by atoms with Crippen LogP contribution in [0, 0.1) is 0 Å². The van der Waals surface area contributed by atoms with Crippen LogP contribution in [0.2, 0.25) is 5.02 Å². The Balaban J connectivity index is 1.78. The summed E-state index contributed by atoms with van der Waals surface area (Å²) in [6.07, 6.45) is 0. The van der Waals surface area contributed by atoms with E-state index < -0.39 is 11.8 Å². The third-order valence-corrected chi connectivity index (χ3v) is 3.26. The maximum Gasteiger partial charge on any atom is 0.309 e. The van der Waals surface area contributed by atoms with E-state index in [1.807, 2.05) is 0 Å². The lowest BCUT2D eigenvalue weighted by molar-refractivity contribution is -0.139. The number of nitrogens with two attached hydrogens (primary N) is 1.